The summed E-state index contributed by atoms with van der Waals surface area (Å²) in [6, 6.07) is 10.7. The van der Waals surface area contributed by atoms with Crippen LogP contribution in [0.4, 0.5) is 0 Å². The molecule has 1 fully saturated rings. The summed E-state index contributed by atoms with van der Waals surface area (Å²) in [4.78, 5) is 1.40. The van der Waals surface area contributed by atoms with Gasteiger partial charge in [0.25, 0.3) is 0 Å². The summed E-state index contributed by atoms with van der Waals surface area (Å²) in [6.45, 7) is 7.12. The van der Waals surface area contributed by atoms with E-state index in [4.69, 9.17) is 0 Å². The van der Waals surface area contributed by atoms with Crippen LogP contribution >= 0.6 is 11.8 Å². The van der Waals surface area contributed by atoms with E-state index in [0.717, 1.165) is 5.92 Å². The fraction of sp³-hybridized carbons (Fsp3) is 0.600. The average Bonchev–Trinajstić information content (AvgIpc) is 2.26. The van der Waals surface area contributed by atoms with E-state index in [2.05, 4.69) is 49.5 Å². The molecule has 1 heterocycles. The highest BCUT2D eigenvalue weighted by Gasteiger charge is 2.36. The highest BCUT2D eigenvalue weighted by atomic mass is 32.2. The van der Waals surface area contributed by atoms with Crippen molar-refractivity contribution < 1.29 is 0 Å². The molecule has 94 valence electrons. The van der Waals surface area contributed by atoms with Gasteiger partial charge in [-0.1, -0.05) is 32.0 Å². The van der Waals surface area contributed by atoms with E-state index in [0.29, 0.717) is 5.41 Å². The molecular weight excluding hydrogens is 226 g/mol. The minimum atomic E-state index is 0.593. The van der Waals surface area contributed by atoms with Gasteiger partial charge in [-0.05, 0) is 42.1 Å². The van der Waals surface area contributed by atoms with Gasteiger partial charge in [-0.2, -0.15) is 0 Å². The van der Waals surface area contributed by atoms with Crippen molar-refractivity contribution in [3.63, 3.8) is 0 Å². The lowest BCUT2D eigenvalue weighted by molar-refractivity contribution is 0.127. The molecule has 1 aliphatic rings. The number of thioether (sulfide) groups is 1. The molecule has 17 heavy (non-hydrogen) atoms. The van der Waals surface area contributed by atoms with Crippen molar-refractivity contribution in [2.24, 2.45) is 11.3 Å². The molecule has 0 bridgehead atoms. The summed E-state index contributed by atoms with van der Waals surface area (Å²) in [5, 5.41) is 3.45. The molecule has 0 radical (unpaired) electrons. The lowest BCUT2D eigenvalue weighted by atomic mass is 9.73. The van der Waals surface area contributed by atoms with Crippen LogP contribution in [0.5, 0.6) is 0 Å². The normalized spacial score (nSPS) is 18.1. The minimum absolute atomic E-state index is 0.593. The first-order valence-electron chi connectivity index (χ1n) is 6.59. The van der Waals surface area contributed by atoms with Gasteiger partial charge in [0.15, 0.2) is 0 Å². The summed E-state index contributed by atoms with van der Waals surface area (Å²) in [5.41, 5.74) is 0.593. The predicted octanol–water partition coefficient (Wildman–Crippen LogP) is 3.80. The molecule has 0 aromatic heterocycles. The van der Waals surface area contributed by atoms with Crippen molar-refractivity contribution >= 4 is 11.8 Å². The molecule has 1 N–H and O–H groups in total. The second-order valence-corrected chi connectivity index (χ2v) is 6.78. The van der Waals surface area contributed by atoms with Gasteiger partial charge in [0.1, 0.15) is 0 Å². The SMILES string of the molecule is CC(C)CC1(CCSc2ccccc2)CNC1. The molecule has 1 aromatic rings. The fourth-order valence-corrected chi connectivity index (χ4v) is 3.79. The van der Waals surface area contributed by atoms with Crippen LogP contribution in [0.1, 0.15) is 26.7 Å². The second kappa shape index (κ2) is 5.92. The van der Waals surface area contributed by atoms with Crippen LogP contribution in [-0.4, -0.2) is 18.8 Å². The van der Waals surface area contributed by atoms with Crippen molar-refractivity contribution in [1.29, 1.82) is 0 Å². The Labute approximate surface area is 109 Å². The van der Waals surface area contributed by atoms with Crippen LogP contribution in [0.15, 0.2) is 35.2 Å². The van der Waals surface area contributed by atoms with Gasteiger partial charge in [-0.15, -0.1) is 11.8 Å². The first-order valence-corrected chi connectivity index (χ1v) is 7.57. The summed E-state index contributed by atoms with van der Waals surface area (Å²) >= 11 is 2.00. The molecule has 0 spiro atoms. The largest absolute Gasteiger partial charge is 0.316 e. The molecular formula is C15H23NS. The van der Waals surface area contributed by atoms with Gasteiger partial charge in [0, 0.05) is 18.0 Å². The highest BCUT2D eigenvalue weighted by Crippen LogP contribution is 2.36. The first-order chi connectivity index (χ1) is 8.20. The second-order valence-electron chi connectivity index (χ2n) is 5.61. The summed E-state index contributed by atoms with van der Waals surface area (Å²) in [7, 11) is 0. The fourth-order valence-electron chi connectivity index (χ4n) is 2.67. The Morgan fingerprint density at radius 2 is 1.94 bits per heavy atom. The van der Waals surface area contributed by atoms with Crippen molar-refractivity contribution in [3.05, 3.63) is 30.3 Å². The summed E-state index contributed by atoms with van der Waals surface area (Å²) < 4.78 is 0. The predicted molar refractivity (Wildman–Crippen MR) is 76.5 cm³/mol. The first kappa shape index (κ1) is 13.0. The quantitative estimate of drug-likeness (QED) is 0.770. The van der Waals surface area contributed by atoms with Gasteiger partial charge >= 0.3 is 0 Å². The Morgan fingerprint density at radius 1 is 1.24 bits per heavy atom. The molecule has 0 atom stereocenters. The van der Waals surface area contributed by atoms with E-state index >= 15 is 0 Å². The molecule has 0 amide bonds. The Morgan fingerprint density at radius 3 is 2.47 bits per heavy atom. The van der Waals surface area contributed by atoms with Gasteiger partial charge in [-0.25, -0.2) is 0 Å². The van der Waals surface area contributed by atoms with Crippen LogP contribution in [0.25, 0.3) is 0 Å². The third-order valence-corrected chi connectivity index (χ3v) is 4.50. The Balaban J connectivity index is 1.77. The van der Waals surface area contributed by atoms with Crippen LogP contribution in [0, 0.1) is 11.3 Å². The molecule has 0 unspecified atom stereocenters. The van der Waals surface area contributed by atoms with E-state index in [1.54, 1.807) is 0 Å². The van der Waals surface area contributed by atoms with Gasteiger partial charge in [-0.3, -0.25) is 0 Å². The maximum Gasteiger partial charge on any atom is 0.00719 e. The lowest BCUT2D eigenvalue weighted by Gasteiger charge is -2.44. The number of hydrogen-bond acceptors (Lipinski definition) is 2. The molecule has 0 saturated carbocycles. The molecule has 1 saturated heterocycles. The maximum atomic E-state index is 3.45. The van der Waals surface area contributed by atoms with Crippen molar-refractivity contribution in [2.75, 3.05) is 18.8 Å². The Bertz CT molecular complexity index is 330. The van der Waals surface area contributed by atoms with Crippen LogP contribution in [-0.2, 0) is 0 Å². The molecule has 1 aliphatic heterocycles. The molecule has 1 aromatic carbocycles. The van der Waals surface area contributed by atoms with E-state index in [-0.39, 0.29) is 0 Å². The summed E-state index contributed by atoms with van der Waals surface area (Å²) in [6.07, 6.45) is 2.72. The minimum Gasteiger partial charge on any atom is -0.316 e. The molecule has 1 nitrogen and oxygen atoms in total. The number of benzene rings is 1. The van der Waals surface area contributed by atoms with Crippen molar-refractivity contribution in [3.8, 4) is 0 Å². The number of hydrogen-bond donors (Lipinski definition) is 1. The van der Waals surface area contributed by atoms with Gasteiger partial charge in [0.2, 0.25) is 0 Å². The Kier molecular flexibility index (Phi) is 4.52. The topological polar surface area (TPSA) is 12.0 Å². The smallest absolute Gasteiger partial charge is 0.00719 e. The van der Waals surface area contributed by atoms with E-state index in [9.17, 15) is 0 Å². The lowest BCUT2D eigenvalue weighted by Crippen LogP contribution is -2.54. The zero-order valence-electron chi connectivity index (χ0n) is 10.9. The zero-order chi connectivity index (χ0) is 12.1. The standard InChI is InChI=1S/C15H23NS/c1-13(2)10-15(11-16-12-15)8-9-17-14-6-4-3-5-7-14/h3-7,13,16H,8-12H2,1-2H3. The van der Waals surface area contributed by atoms with Crippen LogP contribution < -0.4 is 5.32 Å². The van der Waals surface area contributed by atoms with E-state index in [1.165, 1.54) is 36.6 Å². The van der Waals surface area contributed by atoms with E-state index in [1.807, 2.05) is 11.8 Å². The highest BCUT2D eigenvalue weighted by molar-refractivity contribution is 7.99. The van der Waals surface area contributed by atoms with Crippen molar-refractivity contribution in [2.45, 2.75) is 31.6 Å². The third-order valence-electron chi connectivity index (χ3n) is 3.49. The molecule has 2 rings (SSSR count). The molecule has 2 heteroatoms. The molecule has 0 aliphatic carbocycles. The summed E-state index contributed by atoms with van der Waals surface area (Å²) in [5.74, 6) is 2.07. The van der Waals surface area contributed by atoms with Crippen LogP contribution in [0.3, 0.4) is 0 Å². The van der Waals surface area contributed by atoms with Gasteiger partial charge < -0.3 is 5.32 Å². The monoisotopic (exact) mass is 249 g/mol. The third kappa shape index (κ3) is 3.75. The zero-order valence-corrected chi connectivity index (χ0v) is 11.7. The average molecular weight is 249 g/mol. The van der Waals surface area contributed by atoms with Crippen molar-refractivity contribution in [1.82, 2.24) is 5.32 Å². The number of rotatable bonds is 6. The van der Waals surface area contributed by atoms with E-state index < -0.39 is 0 Å². The Hall–Kier alpha value is -0.470. The number of nitrogens with one attached hydrogen (secondary N) is 1. The van der Waals surface area contributed by atoms with Gasteiger partial charge in [0.05, 0.1) is 0 Å². The van der Waals surface area contributed by atoms with Crippen LogP contribution in [0.2, 0.25) is 0 Å². The maximum absolute atomic E-state index is 3.45.